The molecule has 0 saturated heterocycles. The van der Waals surface area contributed by atoms with Crippen LogP contribution >= 0.6 is 54.5 Å². The van der Waals surface area contributed by atoms with Gasteiger partial charge in [0.15, 0.2) is 0 Å². The van der Waals surface area contributed by atoms with E-state index >= 15 is 0 Å². The molecule has 0 aliphatic heterocycles. The van der Waals surface area contributed by atoms with Crippen molar-refractivity contribution in [2.45, 2.75) is 26.3 Å². The molecule has 2 aromatic rings. The molecule has 0 aliphatic rings. The van der Waals surface area contributed by atoms with Crippen LogP contribution in [0.1, 0.15) is 27.2 Å². The summed E-state index contributed by atoms with van der Waals surface area (Å²) in [6.45, 7) is 4.13. The van der Waals surface area contributed by atoms with Crippen LogP contribution in [0.2, 0.25) is 0 Å². The number of thiophene rings is 1. The highest BCUT2D eigenvalue weighted by Crippen LogP contribution is 2.36. The minimum Gasteiger partial charge on any atom is -0.271 e. The molecule has 0 aromatic carbocycles. The van der Waals surface area contributed by atoms with Crippen molar-refractivity contribution in [3.8, 4) is 0 Å². The first-order valence-electron chi connectivity index (χ1n) is 5.35. The molecule has 2 rings (SSSR count). The van der Waals surface area contributed by atoms with Gasteiger partial charge in [0.2, 0.25) is 0 Å². The van der Waals surface area contributed by atoms with Crippen molar-refractivity contribution in [2.24, 2.45) is 5.84 Å². The van der Waals surface area contributed by atoms with E-state index in [9.17, 15) is 0 Å². The van der Waals surface area contributed by atoms with Gasteiger partial charge in [-0.25, -0.2) is 4.98 Å². The first-order chi connectivity index (χ1) is 8.51. The fourth-order valence-electron chi connectivity index (χ4n) is 1.65. The maximum absolute atomic E-state index is 5.67. The Morgan fingerprint density at radius 2 is 2.11 bits per heavy atom. The van der Waals surface area contributed by atoms with E-state index in [4.69, 9.17) is 5.84 Å². The number of halogens is 2. The molecular weight excluding hydrogens is 398 g/mol. The lowest BCUT2D eigenvalue weighted by atomic mass is 10.1. The Bertz CT molecular complexity index is 531. The van der Waals surface area contributed by atoms with E-state index in [0.29, 0.717) is 0 Å². The molecule has 0 amide bonds. The highest BCUT2D eigenvalue weighted by molar-refractivity contribution is 9.12. The number of thiazole rings is 1. The molecule has 7 heteroatoms. The molecule has 0 spiro atoms. The van der Waals surface area contributed by atoms with Gasteiger partial charge in [0.05, 0.1) is 24.3 Å². The number of rotatable bonds is 4. The molecule has 0 fully saturated rings. The molecule has 18 heavy (non-hydrogen) atoms. The molecular formula is C11H13Br2N3S2. The maximum Gasteiger partial charge on any atom is 0.0950 e. The van der Waals surface area contributed by atoms with Crippen LogP contribution < -0.4 is 11.3 Å². The number of nitrogens with two attached hydrogens (primary N) is 1. The summed E-state index contributed by atoms with van der Waals surface area (Å²) in [6, 6.07) is 2.17. The van der Waals surface area contributed by atoms with Crippen molar-refractivity contribution in [3.05, 3.63) is 34.8 Å². The largest absolute Gasteiger partial charge is 0.271 e. The summed E-state index contributed by atoms with van der Waals surface area (Å²) in [6.07, 6.45) is 0.803. The van der Waals surface area contributed by atoms with Gasteiger partial charge in [0, 0.05) is 11.3 Å². The van der Waals surface area contributed by atoms with Crippen LogP contribution in [0.4, 0.5) is 0 Å². The number of nitrogens with zero attached hydrogens (tertiary/aromatic N) is 1. The number of hydrogen-bond acceptors (Lipinski definition) is 5. The zero-order valence-electron chi connectivity index (χ0n) is 9.96. The smallest absolute Gasteiger partial charge is 0.0950 e. The van der Waals surface area contributed by atoms with Crippen molar-refractivity contribution in [3.63, 3.8) is 0 Å². The molecule has 0 aliphatic carbocycles. The van der Waals surface area contributed by atoms with E-state index in [0.717, 1.165) is 24.7 Å². The van der Waals surface area contributed by atoms with Gasteiger partial charge in [-0.05, 0) is 57.3 Å². The van der Waals surface area contributed by atoms with Crippen LogP contribution in [-0.4, -0.2) is 4.98 Å². The lowest BCUT2D eigenvalue weighted by Gasteiger charge is -2.13. The topological polar surface area (TPSA) is 50.9 Å². The minimum absolute atomic E-state index is 0.0758. The summed E-state index contributed by atoms with van der Waals surface area (Å²) in [4.78, 5) is 5.83. The molecule has 1 unspecified atom stereocenters. The third-order valence-electron chi connectivity index (χ3n) is 2.71. The van der Waals surface area contributed by atoms with Crippen LogP contribution in [0.15, 0.2) is 13.6 Å². The first-order valence-corrected chi connectivity index (χ1v) is 8.57. The summed E-state index contributed by atoms with van der Waals surface area (Å²) in [5.41, 5.74) is 5.15. The van der Waals surface area contributed by atoms with Gasteiger partial charge in [0.1, 0.15) is 0 Å². The second-order valence-corrected chi connectivity index (χ2v) is 8.99. The number of nitrogens with one attached hydrogen (secondary N) is 1. The Balaban J connectivity index is 2.22. The lowest BCUT2D eigenvalue weighted by Crippen LogP contribution is -2.29. The van der Waals surface area contributed by atoms with E-state index in [-0.39, 0.29) is 6.04 Å². The number of aryl methyl sites for hydroxylation is 2. The lowest BCUT2D eigenvalue weighted by molar-refractivity contribution is 0.550. The standard InChI is InChI=1S/C11H13Br2N3S2/c1-5-6(2)17-10(15-5)4-8(16-14)7-3-9(12)18-11(7)13/h3,8,16H,4,14H2,1-2H3. The van der Waals surface area contributed by atoms with Crippen molar-refractivity contribution >= 4 is 54.5 Å². The van der Waals surface area contributed by atoms with Gasteiger partial charge in [-0.2, -0.15) is 0 Å². The van der Waals surface area contributed by atoms with Gasteiger partial charge < -0.3 is 0 Å². The minimum atomic E-state index is 0.0758. The fraction of sp³-hybridized carbons (Fsp3) is 0.364. The van der Waals surface area contributed by atoms with Crippen LogP contribution in [0.3, 0.4) is 0 Å². The molecule has 1 atom stereocenters. The SMILES string of the molecule is Cc1nc(CC(NN)c2cc(Br)sc2Br)sc1C. The molecule has 3 nitrogen and oxygen atoms in total. The predicted octanol–water partition coefficient (Wildman–Crippen LogP) is 4.09. The van der Waals surface area contributed by atoms with Crippen LogP contribution in [0.5, 0.6) is 0 Å². The number of hydrazine groups is 1. The van der Waals surface area contributed by atoms with E-state index in [1.165, 1.54) is 10.4 Å². The Morgan fingerprint density at radius 3 is 2.56 bits per heavy atom. The van der Waals surface area contributed by atoms with Gasteiger partial charge in [-0.15, -0.1) is 22.7 Å². The quantitative estimate of drug-likeness (QED) is 0.589. The monoisotopic (exact) mass is 409 g/mol. The van der Waals surface area contributed by atoms with Crippen molar-refractivity contribution in [1.82, 2.24) is 10.4 Å². The normalized spacial score (nSPS) is 12.9. The Hall–Kier alpha value is 0.210. The van der Waals surface area contributed by atoms with Gasteiger partial charge in [0.25, 0.3) is 0 Å². The Kier molecular flexibility index (Phi) is 4.96. The van der Waals surface area contributed by atoms with E-state index in [2.05, 4.69) is 55.3 Å². The third kappa shape index (κ3) is 3.20. The molecule has 0 radical (unpaired) electrons. The molecule has 0 bridgehead atoms. The second kappa shape index (κ2) is 6.11. The van der Waals surface area contributed by atoms with E-state index in [1.54, 1.807) is 22.7 Å². The second-order valence-electron chi connectivity index (χ2n) is 3.95. The van der Waals surface area contributed by atoms with Crippen LogP contribution in [-0.2, 0) is 6.42 Å². The zero-order chi connectivity index (χ0) is 13.3. The predicted molar refractivity (Wildman–Crippen MR) is 85.1 cm³/mol. The summed E-state index contributed by atoms with van der Waals surface area (Å²) < 4.78 is 2.19. The van der Waals surface area contributed by atoms with Crippen molar-refractivity contribution < 1.29 is 0 Å². The van der Waals surface area contributed by atoms with Gasteiger partial charge >= 0.3 is 0 Å². The molecule has 3 N–H and O–H groups in total. The summed E-state index contributed by atoms with van der Waals surface area (Å²) in [5, 5.41) is 1.11. The molecule has 98 valence electrons. The maximum atomic E-state index is 5.67. The molecule has 0 saturated carbocycles. The van der Waals surface area contributed by atoms with Crippen LogP contribution in [0, 0.1) is 13.8 Å². The molecule has 2 aromatic heterocycles. The zero-order valence-corrected chi connectivity index (χ0v) is 14.8. The fourth-order valence-corrected chi connectivity index (χ4v) is 5.60. The first kappa shape index (κ1) is 14.6. The number of aromatic nitrogens is 1. The van der Waals surface area contributed by atoms with Gasteiger partial charge in [-0.3, -0.25) is 11.3 Å². The molecule has 2 heterocycles. The van der Waals surface area contributed by atoms with Crippen molar-refractivity contribution in [1.29, 1.82) is 0 Å². The van der Waals surface area contributed by atoms with E-state index in [1.807, 2.05) is 6.92 Å². The summed E-state index contributed by atoms with van der Waals surface area (Å²) in [5.74, 6) is 5.67. The van der Waals surface area contributed by atoms with E-state index < -0.39 is 0 Å². The number of hydrogen-bond donors (Lipinski definition) is 2. The third-order valence-corrected chi connectivity index (χ3v) is 6.19. The Labute approximate surface area is 131 Å². The summed E-state index contributed by atoms with van der Waals surface area (Å²) in [7, 11) is 0. The average Bonchev–Trinajstić information content (AvgIpc) is 2.79. The highest BCUT2D eigenvalue weighted by atomic mass is 79.9. The highest BCUT2D eigenvalue weighted by Gasteiger charge is 2.18. The van der Waals surface area contributed by atoms with Gasteiger partial charge in [-0.1, -0.05) is 0 Å². The Morgan fingerprint density at radius 1 is 1.39 bits per heavy atom. The van der Waals surface area contributed by atoms with Crippen molar-refractivity contribution in [2.75, 3.05) is 0 Å². The average molecular weight is 411 g/mol. The summed E-state index contributed by atoms with van der Waals surface area (Å²) >= 11 is 10.4. The van der Waals surface area contributed by atoms with Crippen LogP contribution in [0.25, 0.3) is 0 Å².